The lowest BCUT2D eigenvalue weighted by molar-refractivity contribution is -0.138. The number of rotatable bonds is 7. The van der Waals surface area contributed by atoms with Crippen molar-refractivity contribution in [1.29, 1.82) is 0 Å². The Kier molecular flexibility index (Phi) is 7.73. The van der Waals surface area contributed by atoms with Gasteiger partial charge in [-0.25, -0.2) is 9.59 Å². The van der Waals surface area contributed by atoms with Gasteiger partial charge in [0.2, 0.25) is 5.91 Å². The molecule has 40 heavy (non-hydrogen) atoms. The minimum absolute atomic E-state index is 0.142. The standard InChI is InChI=1S/C29H42N8O3/c1-18(35-16-23-22(14-30)24(23)17-35)13-20-5-7-21(8-6-20)37-10-9-25(33-28(37)40)32-27(39)36-12-11-34(15-19(36)2)26(38)29(3,4)31/h5-10,18-19,22-24H,11-17,30-31H2,1-4H3,(H,32,33,39,40)/t18?,19-,22?,23-,24+/m1/s1. The fourth-order valence-corrected chi connectivity index (χ4v) is 6.36. The third kappa shape index (κ3) is 5.77. The third-order valence-corrected chi connectivity index (χ3v) is 8.81. The molecule has 1 aliphatic carbocycles. The Balaban J connectivity index is 1.15. The van der Waals surface area contributed by atoms with Crippen LogP contribution in [0.15, 0.2) is 41.3 Å². The van der Waals surface area contributed by atoms with Crippen molar-refractivity contribution in [3.05, 3.63) is 52.6 Å². The molecular formula is C29H42N8O3. The Morgan fingerprint density at radius 3 is 2.35 bits per heavy atom. The molecule has 216 valence electrons. The van der Waals surface area contributed by atoms with Gasteiger partial charge in [0.25, 0.3) is 0 Å². The number of anilines is 1. The average molecular weight is 551 g/mol. The molecule has 5 rings (SSSR count). The molecule has 0 radical (unpaired) electrons. The smallest absolute Gasteiger partial charge is 0.337 e. The van der Waals surface area contributed by atoms with E-state index < -0.39 is 11.2 Å². The number of likely N-dealkylation sites (tertiary alicyclic amines) is 1. The Morgan fingerprint density at radius 1 is 1.10 bits per heavy atom. The molecule has 5 N–H and O–H groups in total. The van der Waals surface area contributed by atoms with Gasteiger partial charge in [-0.15, -0.1) is 0 Å². The van der Waals surface area contributed by atoms with Crippen LogP contribution in [0.25, 0.3) is 5.69 Å². The molecule has 2 saturated heterocycles. The average Bonchev–Trinajstić information content (AvgIpc) is 3.37. The van der Waals surface area contributed by atoms with E-state index in [2.05, 4.69) is 34.3 Å². The van der Waals surface area contributed by atoms with Crippen LogP contribution in [-0.2, 0) is 11.2 Å². The summed E-state index contributed by atoms with van der Waals surface area (Å²) in [6.45, 7) is 11.8. The van der Waals surface area contributed by atoms with E-state index in [1.165, 1.54) is 10.1 Å². The third-order valence-electron chi connectivity index (χ3n) is 8.81. The Hall–Kier alpha value is -3.28. The van der Waals surface area contributed by atoms with Crippen LogP contribution in [0.4, 0.5) is 10.6 Å². The van der Waals surface area contributed by atoms with Crippen LogP contribution in [0.2, 0.25) is 0 Å². The van der Waals surface area contributed by atoms with E-state index in [4.69, 9.17) is 11.5 Å². The largest absolute Gasteiger partial charge is 0.354 e. The molecule has 11 heteroatoms. The second-order valence-electron chi connectivity index (χ2n) is 12.3. The van der Waals surface area contributed by atoms with Crippen LogP contribution in [0, 0.1) is 17.8 Å². The molecule has 3 fully saturated rings. The van der Waals surface area contributed by atoms with Gasteiger partial charge in [-0.3, -0.25) is 19.6 Å². The van der Waals surface area contributed by atoms with E-state index in [9.17, 15) is 14.4 Å². The molecule has 3 aliphatic rings. The molecule has 3 amide bonds. The van der Waals surface area contributed by atoms with Crippen LogP contribution < -0.4 is 22.5 Å². The van der Waals surface area contributed by atoms with Gasteiger partial charge in [0.1, 0.15) is 5.82 Å². The van der Waals surface area contributed by atoms with E-state index in [0.29, 0.717) is 25.7 Å². The van der Waals surface area contributed by atoms with Crippen molar-refractivity contribution >= 4 is 17.8 Å². The molecular weight excluding hydrogens is 508 g/mol. The number of nitrogens with zero attached hydrogens (tertiary/aromatic N) is 5. The summed E-state index contributed by atoms with van der Waals surface area (Å²) in [7, 11) is 0. The lowest BCUT2D eigenvalue weighted by atomic mass is 10.0. The summed E-state index contributed by atoms with van der Waals surface area (Å²) in [5, 5.41) is 2.73. The van der Waals surface area contributed by atoms with E-state index in [1.54, 1.807) is 35.9 Å². The van der Waals surface area contributed by atoms with Crippen LogP contribution >= 0.6 is 0 Å². The van der Waals surface area contributed by atoms with Crippen molar-refractivity contribution in [2.24, 2.45) is 29.2 Å². The first-order valence-electron chi connectivity index (χ1n) is 14.2. The number of carbonyl (C=O) groups is 2. The molecule has 2 aromatic rings. The lowest BCUT2D eigenvalue weighted by Crippen LogP contribution is -2.61. The summed E-state index contributed by atoms with van der Waals surface area (Å²) in [5.41, 5.74) is 12.3. The Bertz CT molecular complexity index is 1290. The normalized spacial score (nSPS) is 25.4. The minimum Gasteiger partial charge on any atom is -0.337 e. The number of fused-ring (bicyclic) bond motifs is 1. The highest BCUT2D eigenvalue weighted by molar-refractivity contribution is 5.89. The van der Waals surface area contributed by atoms with Gasteiger partial charge >= 0.3 is 11.7 Å². The summed E-state index contributed by atoms with van der Waals surface area (Å²) in [4.78, 5) is 48.2. The SMILES string of the molecule is CC(Cc1ccc(-n2ccc(NC(=O)N3CCN(C(=O)C(C)(C)N)C[C@H]3C)nc2=O)cc1)N1C[C@@H]2C(CN)[C@@H]2C1. The highest BCUT2D eigenvalue weighted by Gasteiger charge is 2.55. The van der Waals surface area contributed by atoms with Crippen molar-refractivity contribution in [1.82, 2.24) is 24.3 Å². The molecule has 1 aromatic heterocycles. The van der Waals surface area contributed by atoms with Crippen LogP contribution in [0.3, 0.4) is 0 Å². The monoisotopic (exact) mass is 550 g/mol. The van der Waals surface area contributed by atoms with Gasteiger partial charge in [-0.1, -0.05) is 12.1 Å². The fraction of sp³-hybridized carbons (Fsp3) is 0.586. The Morgan fingerprint density at radius 2 is 1.77 bits per heavy atom. The van der Waals surface area contributed by atoms with Gasteiger partial charge in [0.05, 0.1) is 11.2 Å². The number of piperidine rings is 1. The summed E-state index contributed by atoms with van der Waals surface area (Å²) in [5.74, 6) is 2.35. The Labute approximate surface area is 235 Å². The highest BCUT2D eigenvalue weighted by atomic mass is 16.2. The number of nitrogens with two attached hydrogens (primary N) is 2. The second kappa shape index (κ2) is 10.9. The van der Waals surface area contributed by atoms with Gasteiger partial charge in [0.15, 0.2) is 0 Å². The molecule has 3 heterocycles. The zero-order valence-corrected chi connectivity index (χ0v) is 23.9. The molecule has 0 bridgehead atoms. The molecule has 0 spiro atoms. The summed E-state index contributed by atoms with van der Waals surface area (Å²) >= 11 is 0. The van der Waals surface area contributed by atoms with Crippen molar-refractivity contribution in [2.75, 3.05) is 44.6 Å². The van der Waals surface area contributed by atoms with Gasteiger partial charge in [-0.05, 0) is 82.2 Å². The zero-order chi connectivity index (χ0) is 28.8. The van der Waals surface area contributed by atoms with Gasteiger partial charge in [0, 0.05) is 51.0 Å². The van der Waals surface area contributed by atoms with Crippen molar-refractivity contribution in [3.8, 4) is 5.69 Å². The maximum atomic E-state index is 12.9. The number of benzene rings is 1. The predicted octanol–water partition coefficient (Wildman–Crippen LogP) is 1.10. The van der Waals surface area contributed by atoms with E-state index in [1.807, 2.05) is 19.1 Å². The molecule has 2 aliphatic heterocycles. The van der Waals surface area contributed by atoms with Crippen molar-refractivity contribution < 1.29 is 9.59 Å². The van der Waals surface area contributed by atoms with Crippen molar-refractivity contribution in [3.63, 3.8) is 0 Å². The van der Waals surface area contributed by atoms with Gasteiger partial charge < -0.3 is 21.3 Å². The highest BCUT2D eigenvalue weighted by Crippen LogP contribution is 2.51. The van der Waals surface area contributed by atoms with E-state index in [0.717, 1.165) is 49.5 Å². The fourth-order valence-electron chi connectivity index (χ4n) is 6.36. The minimum atomic E-state index is -0.959. The first-order valence-corrected chi connectivity index (χ1v) is 14.2. The number of aromatic nitrogens is 2. The number of piperazine rings is 1. The van der Waals surface area contributed by atoms with E-state index in [-0.39, 0.29) is 23.8 Å². The first kappa shape index (κ1) is 28.3. The molecule has 1 aromatic carbocycles. The summed E-state index contributed by atoms with van der Waals surface area (Å²) in [6.07, 6.45) is 2.58. The van der Waals surface area contributed by atoms with E-state index >= 15 is 0 Å². The maximum Gasteiger partial charge on any atom is 0.354 e. The molecule has 11 nitrogen and oxygen atoms in total. The quantitative estimate of drug-likeness (QED) is 0.469. The van der Waals surface area contributed by atoms with Crippen molar-refractivity contribution in [2.45, 2.75) is 51.7 Å². The zero-order valence-electron chi connectivity index (χ0n) is 23.9. The lowest BCUT2D eigenvalue weighted by Gasteiger charge is -2.41. The maximum absolute atomic E-state index is 12.9. The van der Waals surface area contributed by atoms with Crippen LogP contribution in [0.1, 0.15) is 33.3 Å². The van der Waals surface area contributed by atoms with Crippen LogP contribution in [-0.4, -0.2) is 93.1 Å². The second-order valence-corrected chi connectivity index (χ2v) is 12.3. The number of urea groups is 1. The number of hydrogen-bond donors (Lipinski definition) is 3. The topological polar surface area (TPSA) is 143 Å². The molecule has 5 atom stereocenters. The summed E-state index contributed by atoms with van der Waals surface area (Å²) < 4.78 is 1.46. The molecule has 1 saturated carbocycles. The molecule has 2 unspecified atom stereocenters. The summed E-state index contributed by atoms with van der Waals surface area (Å²) in [6, 6.07) is 9.49. The van der Waals surface area contributed by atoms with Gasteiger partial charge in [-0.2, -0.15) is 4.98 Å². The van der Waals surface area contributed by atoms with Crippen LogP contribution in [0.5, 0.6) is 0 Å². The number of amides is 3. The predicted molar refractivity (Wildman–Crippen MR) is 154 cm³/mol. The first-order chi connectivity index (χ1) is 19.0. The number of hydrogen-bond acceptors (Lipinski definition) is 7. The number of nitrogens with one attached hydrogen (secondary N) is 1. The number of carbonyl (C=O) groups excluding carboxylic acids is 2.